The van der Waals surface area contributed by atoms with Crippen molar-refractivity contribution in [1.29, 1.82) is 0 Å². The molecule has 5 heteroatoms. The van der Waals surface area contributed by atoms with Crippen LogP contribution in [0.3, 0.4) is 0 Å². The lowest BCUT2D eigenvalue weighted by Gasteiger charge is -2.14. The maximum atomic E-state index is 11.6. The molecule has 3 nitrogen and oxygen atoms in total. The molecule has 1 amide bonds. The zero-order valence-electron chi connectivity index (χ0n) is 13.5. The van der Waals surface area contributed by atoms with E-state index in [1.807, 2.05) is 24.3 Å². The van der Waals surface area contributed by atoms with Gasteiger partial charge < -0.3 is 10.1 Å². The van der Waals surface area contributed by atoms with E-state index in [1.165, 1.54) is 17.3 Å². The van der Waals surface area contributed by atoms with Gasteiger partial charge in [-0.05, 0) is 54.4 Å². The average Bonchev–Trinajstić information content (AvgIpc) is 2.55. The summed E-state index contributed by atoms with van der Waals surface area (Å²) in [5.74, 6) is 0.869. The molecule has 0 aromatic heterocycles. The molecule has 0 fully saturated rings. The number of carbonyl (C=O) groups is 1. The summed E-state index contributed by atoms with van der Waals surface area (Å²) >= 11 is 4.72. The minimum Gasteiger partial charge on any atom is -0.489 e. The Labute approximate surface area is 149 Å². The molecule has 0 saturated carbocycles. The molecule has 0 bridgehead atoms. The minimum absolute atomic E-state index is 0.0900. The summed E-state index contributed by atoms with van der Waals surface area (Å²) in [6.45, 7) is 4.60. The monoisotopic (exact) mass is 393 g/mol. The second kappa shape index (κ2) is 8.41. The van der Waals surface area contributed by atoms with Crippen molar-refractivity contribution in [3.8, 4) is 5.75 Å². The summed E-state index contributed by atoms with van der Waals surface area (Å²) in [5.41, 5.74) is 3.39. The lowest BCUT2D eigenvalue weighted by molar-refractivity contribution is 0.262. The van der Waals surface area contributed by atoms with Gasteiger partial charge in [0.1, 0.15) is 12.4 Å². The molecule has 0 atom stereocenters. The first-order valence-electron chi connectivity index (χ1n) is 7.44. The van der Waals surface area contributed by atoms with Gasteiger partial charge in [0.15, 0.2) is 0 Å². The molecule has 2 rings (SSSR count). The molecular weight excluding hydrogens is 374 g/mol. The highest BCUT2D eigenvalue weighted by atomic mass is 79.9. The smallest absolute Gasteiger partial charge is 0.283 e. The third-order valence-corrected chi connectivity index (χ3v) is 5.24. The maximum absolute atomic E-state index is 11.6. The summed E-state index contributed by atoms with van der Waals surface area (Å²) in [5, 5.41) is 2.53. The molecule has 2 aromatic rings. The third kappa shape index (κ3) is 4.75. The van der Waals surface area contributed by atoms with E-state index in [9.17, 15) is 4.79 Å². The zero-order valence-corrected chi connectivity index (χ0v) is 15.9. The van der Waals surface area contributed by atoms with Crippen LogP contribution in [0.2, 0.25) is 0 Å². The van der Waals surface area contributed by atoms with Gasteiger partial charge in [-0.3, -0.25) is 4.79 Å². The van der Waals surface area contributed by atoms with Gasteiger partial charge in [0.2, 0.25) is 0 Å². The van der Waals surface area contributed by atoms with Crippen LogP contribution in [0.1, 0.15) is 23.6 Å². The highest BCUT2D eigenvalue weighted by Crippen LogP contribution is 2.31. The van der Waals surface area contributed by atoms with Crippen LogP contribution in [0, 0.1) is 6.92 Å². The van der Waals surface area contributed by atoms with E-state index in [2.05, 4.69) is 47.2 Å². The van der Waals surface area contributed by atoms with Crippen molar-refractivity contribution in [2.75, 3.05) is 7.05 Å². The highest BCUT2D eigenvalue weighted by molar-refractivity contribution is 9.10. The van der Waals surface area contributed by atoms with Gasteiger partial charge in [-0.2, -0.15) is 0 Å². The van der Waals surface area contributed by atoms with Gasteiger partial charge in [0.05, 0.1) is 0 Å². The Balaban J connectivity index is 2.18. The third-order valence-electron chi connectivity index (χ3n) is 3.50. The molecular formula is C18H20BrNO2S. The van der Waals surface area contributed by atoms with E-state index in [4.69, 9.17) is 4.74 Å². The molecule has 0 saturated heterocycles. The molecule has 23 heavy (non-hydrogen) atoms. The molecule has 0 aliphatic rings. The lowest BCUT2D eigenvalue weighted by atomic mass is 10.1. The molecule has 0 unspecified atom stereocenters. The van der Waals surface area contributed by atoms with E-state index < -0.39 is 0 Å². The van der Waals surface area contributed by atoms with Crippen LogP contribution >= 0.6 is 27.7 Å². The Morgan fingerprint density at radius 3 is 2.74 bits per heavy atom. The number of benzene rings is 2. The Kier molecular flexibility index (Phi) is 6.54. The first-order valence-corrected chi connectivity index (χ1v) is 9.05. The van der Waals surface area contributed by atoms with Crippen LogP contribution in [0.4, 0.5) is 4.79 Å². The van der Waals surface area contributed by atoms with E-state index in [1.54, 1.807) is 7.05 Å². The van der Waals surface area contributed by atoms with Crippen molar-refractivity contribution in [1.82, 2.24) is 5.32 Å². The summed E-state index contributed by atoms with van der Waals surface area (Å²) in [4.78, 5) is 12.5. The average molecular weight is 394 g/mol. The SMILES string of the molecule is CCc1ccc(OCc2c(Br)cccc2SC(=O)NC)c(C)c1. The minimum atomic E-state index is -0.0900. The summed E-state index contributed by atoms with van der Waals surface area (Å²) in [6, 6.07) is 12.0. The van der Waals surface area contributed by atoms with Crippen LogP contribution in [0.5, 0.6) is 5.75 Å². The second-order valence-corrected chi connectivity index (χ2v) is 6.97. The fourth-order valence-corrected chi connectivity index (χ4v) is 3.52. The van der Waals surface area contributed by atoms with Crippen molar-refractivity contribution in [2.45, 2.75) is 31.8 Å². The molecule has 0 aliphatic heterocycles. The Hall–Kier alpha value is -1.46. The van der Waals surface area contributed by atoms with E-state index in [-0.39, 0.29) is 5.24 Å². The number of thioether (sulfide) groups is 1. The van der Waals surface area contributed by atoms with Crippen molar-refractivity contribution in [2.24, 2.45) is 0 Å². The lowest BCUT2D eigenvalue weighted by Crippen LogP contribution is -2.11. The van der Waals surface area contributed by atoms with Gasteiger partial charge >= 0.3 is 0 Å². The maximum Gasteiger partial charge on any atom is 0.283 e. The fraction of sp³-hybridized carbons (Fsp3) is 0.278. The van der Waals surface area contributed by atoms with Crippen LogP contribution < -0.4 is 10.1 Å². The summed E-state index contributed by atoms with van der Waals surface area (Å²) in [7, 11) is 1.63. The van der Waals surface area contributed by atoms with Crippen molar-refractivity contribution >= 4 is 32.9 Å². The van der Waals surface area contributed by atoms with Crippen LogP contribution in [-0.4, -0.2) is 12.3 Å². The summed E-state index contributed by atoms with van der Waals surface area (Å²) < 4.78 is 6.92. The molecule has 122 valence electrons. The number of amides is 1. The predicted molar refractivity (Wildman–Crippen MR) is 99.3 cm³/mol. The first-order chi connectivity index (χ1) is 11.0. The first kappa shape index (κ1) is 17.9. The highest BCUT2D eigenvalue weighted by Gasteiger charge is 2.12. The van der Waals surface area contributed by atoms with Gasteiger partial charge in [0, 0.05) is 22.0 Å². The molecule has 0 heterocycles. The molecule has 2 aromatic carbocycles. The van der Waals surface area contributed by atoms with Crippen LogP contribution in [-0.2, 0) is 13.0 Å². The van der Waals surface area contributed by atoms with Crippen LogP contribution in [0.15, 0.2) is 45.8 Å². The number of nitrogens with one attached hydrogen (secondary N) is 1. The van der Waals surface area contributed by atoms with Gasteiger partial charge in [-0.1, -0.05) is 41.1 Å². The molecule has 0 radical (unpaired) electrons. The number of ether oxygens (including phenoxy) is 1. The Morgan fingerprint density at radius 1 is 1.30 bits per heavy atom. The van der Waals surface area contributed by atoms with Crippen molar-refractivity contribution < 1.29 is 9.53 Å². The molecule has 0 spiro atoms. The normalized spacial score (nSPS) is 10.4. The van der Waals surface area contributed by atoms with Crippen molar-refractivity contribution in [3.05, 3.63) is 57.6 Å². The number of hydrogen-bond donors (Lipinski definition) is 1. The Bertz CT molecular complexity index is 703. The molecule has 0 aliphatic carbocycles. The van der Waals surface area contributed by atoms with Crippen molar-refractivity contribution in [3.63, 3.8) is 0 Å². The molecule has 1 N–H and O–H groups in total. The number of rotatable bonds is 5. The van der Waals surface area contributed by atoms with Gasteiger partial charge in [-0.15, -0.1) is 0 Å². The van der Waals surface area contributed by atoms with Crippen LogP contribution in [0.25, 0.3) is 0 Å². The zero-order chi connectivity index (χ0) is 16.8. The summed E-state index contributed by atoms with van der Waals surface area (Å²) in [6.07, 6.45) is 1.01. The predicted octanol–water partition coefficient (Wildman–Crippen LogP) is 5.33. The van der Waals surface area contributed by atoms with E-state index in [0.29, 0.717) is 6.61 Å². The quantitative estimate of drug-likeness (QED) is 0.697. The topological polar surface area (TPSA) is 38.3 Å². The number of aryl methyl sites for hydroxylation is 2. The van der Waals surface area contributed by atoms with E-state index in [0.717, 1.165) is 32.7 Å². The second-order valence-electron chi connectivity index (χ2n) is 5.10. The number of hydrogen-bond acceptors (Lipinski definition) is 3. The van der Waals surface area contributed by atoms with E-state index >= 15 is 0 Å². The standard InChI is InChI=1S/C18H20BrNO2S/c1-4-13-8-9-16(12(2)10-13)22-11-14-15(19)6-5-7-17(14)23-18(21)20-3/h5-10H,4,11H2,1-3H3,(H,20,21). The van der Waals surface area contributed by atoms with Gasteiger partial charge in [0.25, 0.3) is 5.24 Å². The number of carbonyl (C=O) groups excluding carboxylic acids is 1. The Morgan fingerprint density at radius 2 is 2.09 bits per heavy atom. The fourth-order valence-electron chi connectivity index (χ4n) is 2.17. The van der Waals surface area contributed by atoms with Gasteiger partial charge in [-0.25, -0.2) is 0 Å². The largest absolute Gasteiger partial charge is 0.489 e. The number of halogens is 1.